The van der Waals surface area contributed by atoms with Gasteiger partial charge in [-0.05, 0) is 30.3 Å². The number of hydrogen-bond acceptors (Lipinski definition) is 3. The fourth-order valence-corrected chi connectivity index (χ4v) is 3.99. The fourth-order valence-electron chi connectivity index (χ4n) is 1.70. The van der Waals surface area contributed by atoms with Crippen LogP contribution in [0.5, 0.6) is 0 Å². The maximum absolute atomic E-state index is 13.7. The van der Waals surface area contributed by atoms with Gasteiger partial charge in [-0.15, -0.1) is 0 Å². The van der Waals surface area contributed by atoms with E-state index in [9.17, 15) is 12.8 Å². The molecule has 20 heavy (non-hydrogen) atoms. The first kappa shape index (κ1) is 15.1. The Hall–Kier alpha value is -1.30. The molecule has 0 aliphatic heterocycles. The molecule has 0 unspecified atom stereocenters. The first-order valence-corrected chi connectivity index (χ1v) is 7.93. The van der Waals surface area contributed by atoms with Crippen LogP contribution in [0.2, 0.25) is 10.0 Å². The molecular weight excluding hydrogens is 324 g/mol. The van der Waals surface area contributed by atoms with Crippen molar-refractivity contribution in [3.8, 4) is 0 Å². The van der Waals surface area contributed by atoms with Crippen LogP contribution < -0.4 is 5.73 Å². The minimum absolute atomic E-state index is 0.0339. The van der Waals surface area contributed by atoms with Crippen molar-refractivity contribution in [2.24, 2.45) is 0 Å². The first-order valence-electron chi connectivity index (χ1n) is 5.52. The third kappa shape index (κ3) is 3.06. The van der Waals surface area contributed by atoms with Gasteiger partial charge in [0.1, 0.15) is 5.82 Å². The molecule has 0 spiro atoms. The third-order valence-electron chi connectivity index (χ3n) is 2.69. The smallest absolute Gasteiger partial charge is 0.184 e. The van der Waals surface area contributed by atoms with E-state index < -0.39 is 21.4 Å². The van der Waals surface area contributed by atoms with Gasteiger partial charge in [0.2, 0.25) is 0 Å². The van der Waals surface area contributed by atoms with Crippen molar-refractivity contribution in [3.63, 3.8) is 0 Å². The largest absolute Gasteiger partial charge is 0.399 e. The molecule has 0 heterocycles. The van der Waals surface area contributed by atoms with Gasteiger partial charge in [0.25, 0.3) is 0 Å². The van der Waals surface area contributed by atoms with Gasteiger partial charge in [0.05, 0.1) is 15.7 Å². The molecule has 3 nitrogen and oxygen atoms in total. The molecule has 0 saturated heterocycles. The summed E-state index contributed by atoms with van der Waals surface area (Å²) in [5.74, 6) is -1.26. The van der Waals surface area contributed by atoms with E-state index in [1.165, 1.54) is 30.3 Å². The predicted octanol–water partition coefficient (Wildman–Crippen LogP) is 3.69. The molecular formula is C13H10Cl2FNO2S. The minimum Gasteiger partial charge on any atom is -0.399 e. The van der Waals surface area contributed by atoms with E-state index in [-0.39, 0.29) is 26.2 Å². The lowest BCUT2D eigenvalue weighted by Gasteiger charge is -2.09. The SMILES string of the molecule is Nc1ccc(Cl)c(S(=O)(=O)Cc2c(F)cccc2Cl)c1. The van der Waals surface area contributed by atoms with Crippen molar-refractivity contribution in [2.75, 3.05) is 5.73 Å². The second kappa shape index (κ2) is 5.60. The number of anilines is 1. The van der Waals surface area contributed by atoms with Crippen molar-refractivity contribution in [1.29, 1.82) is 0 Å². The van der Waals surface area contributed by atoms with Crippen molar-refractivity contribution >= 4 is 38.7 Å². The van der Waals surface area contributed by atoms with E-state index in [4.69, 9.17) is 28.9 Å². The summed E-state index contributed by atoms with van der Waals surface area (Å²) in [4.78, 5) is -0.140. The topological polar surface area (TPSA) is 60.2 Å². The van der Waals surface area contributed by atoms with E-state index in [0.717, 1.165) is 6.07 Å². The maximum Gasteiger partial charge on any atom is 0.184 e. The molecule has 2 N–H and O–H groups in total. The van der Waals surface area contributed by atoms with E-state index in [1.807, 2.05) is 0 Å². The summed E-state index contributed by atoms with van der Waals surface area (Å²) < 4.78 is 38.3. The highest BCUT2D eigenvalue weighted by Crippen LogP contribution is 2.29. The van der Waals surface area contributed by atoms with E-state index in [1.54, 1.807) is 0 Å². The number of sulfone groups is 1. The van der Waals surface area contributed by atoms with Crippen LogP contribution in [0.3, 0.4) is 0 Å². The summed E-state index contributed by atoms with van der Waals surface area (Å²) in [6, 6.07) is 8.09. The molecule has 0 saturated carbocycles. The number of rotatable bonds is 3. The lowest BCUT2D eigenvalue weighted by atomic mass is 10.2. The van der Waals surface area contributed by atoms with Crippen LogP contribution in [-0.2, 0) is 15.6 Å². The number of hydrogen-bond donors (Lipinski definition) is 1. The highest BCUT2D eigenvalue weighted by Gasteiger charge is 2.22. The van der Waals surface area contributed by atoms with Crippen LogP contribution >= 0.6 is 23.2 Å². The van der Waals surface area contributed by atoms with Gasteiger partial charge in [-0.25, -0.2) is 12.8 Å². The van der Waals surface area contributed by atoms with Crippen LogP contribution in [0, 0.1) is 5.82 Å². The average Bonchev–Trinajstić information content (AvgIpc) is 2.37. The van der Waals surface area contributed by atoms with Crippen LogP contribution in [0.4, 0.5) is 10.1 Å². The zero-order valence-electron chi connectivity index (χ0n) is 10.1. The highest BCUT2D eigenvalue weighted by molar-refractivity contribution is 7.90. The Bertz CT molecular complexity index is 743. The van der Waals surface area contributed by atoms with Gasteiger partial charge in [-0.2, -0.15) is 0 Å². The van der Waals surface area contributed by atoms with E-state index >= 15 is 0 Å². The Morgan fingerprint density at radius 1 is 1.10 bits per heavy atom. The molecule has 0 fully saturated rings. The molecule has 0 radical (unpaired) electrons. The van der Waals surface area contributed by atoms with Crippen LogP contribution in [0.15, 0.2) is 41.3 Å². The zero-order chi connectivity index (χ0) is 14.9. The average molecular weight is 334 g/mol. The molecule has 0 bridgehead atoms. The van der Waals surface area contributed by atoms with Crippen molar-refractivity contribution in [3.05, 3.63) is 57.8 Å². The fraction of sp³-hybridized carbons (Fsp3) is 0.0769. The third-order valence-corrected chi connectivity index (χ3v) is 5.16. The molecule has 2 aromatic carbocycles. The molecule has 0 aromatic heterocycles. The monoisotopic (exact) mass is 333 g/mol. The van der Waals surface area contributed by atoms with Gasteiger partial charge in [0.15, 0.2) is 9.84 Å². The van der Waals surface area contributed by atoms with Crippen molar-refractivity contribution in [1.82, 2.24) is 0 Å². The summed E-state index contributed by atoms with van der Waals surface area (Å²) in [6.07, 6.45) is 0. The van der Waals surface area contributed by atoms with Crippen molar-refractivity contribution < 1.29 is 12.8 Å². The normalized spacial score (nSPS) is 11.6. The quantitative estimate of drug-likeness (QED) is 0.871. The number of benzene rings is 2. The lowest BCUT2D eigenvalue weighted by Crippen LogP contribution is -2.08. The molecule has 0 aliphatic rings. The molecule has 2 rings (SSSR count). The summed E-state index contributed by atoms with van der Waals surface area (Å²) in [7, 11) is -3.85. The van der Waals surface area contributed by atoms with Crippen molar-refractivity contribution in [2.45, 2.75) is 10.6 Å². The standard InChI is InChI=1S/C13H10Cl2FNO2S/c14-10-2-1-3-12(16)9(10)7-20(18,19)13-6-8(17)4-5-11(13)15/h1-6H,7,17H2. The summed E-state index contributed by atoms with van der Waals surface area (Å²) in [6.45, 7) is 0. The Kier molecular flexibility index (Phi) is 4.22. The minimum atomic E-state index is -3.85. The van der Waals surface area contributed by atoms with Crippen LogP contribution in [0.1, 0.15) is 5.56 Å². The Morgan fingerprint density at radius 3 is 2.45 bits per heavy atom. The molecule has 7 heteroatoms. The highest BCUT2D eigenvalue weighted by atomic mass is 35.5. The molecule has 0 aliphatic carbocycles. The number of nitrogen functional groups attached to an aromatic ring is 1. The molecule has 2 aromatic rings. The Morgan fingerprint density at radius 2 is 1.80 bits per heavy atom. The maximum atomic E-state index is 13.7. The molecule has 0 amide bonds. The van der Waals surface area contributed by atoms with E-state index in [0.29, 0.717) is 0 Å². The summed E-state index contributed by atoms with van der Waals surface area (Å²) in [5, 5.41) is 0.0836. The summed E-state index contributed by atoms with van der Waals surface area (Å²) >= 11 is 11.7. The first-order chi connectivity index (χ1) is 9.31. The zero-order valence-corrected chi connectivity index (χ0v) is 12.4. The number of halogens is 3. The lowest BCUT2D eigenvalue weighted by molar-refractivity contribution is 0.587. The number of nitrogens with two attached hydrogens (primary N) is 1. The second-order valence-electron chi connectivity index (χ2n) is 4.15. The Labute approximate surface area is 126 Å². The van der Waals surface area contributed by atoms with Gasteiger partial charge >= 0.3 is 0 Å². The van der Waals surface area contributed by atoms with Gasteiger partial charge in [-0.1, -0.05) is 29.3 Å². The predicted molar refractivity (Wildman–Crippen MR) is 78.2 cm³/mol. The van der Waals surface area contributed by atoms with Gasteiger partial charge in [-0.3, -0.25) is 0 Å². The van der Waals surface area contributed by atoms with Gasteiger partial charge in [0, 0.05) is 16.3 Å². The Balaban J connectivity index is 2.49. The van der Waals surface area contributed by atoms with Crippen LogP contribution in [-0.4, -0.2) is 8.42 Å². The second-order valence-corrected chi connectivity index (χ2v) is 6.92. The van der Waals surface area contributed by atoms with Gasteiger partial charge < -0.3 is 5.73 Å². The molecule has 0 atom stereocenters. The van der Waals surface area contributed by atoms with E-state index in [2.05, 4.69) is 0 Å². The summed E-state index contributed by atoms with van der Waals surface area (Å²) in [5.41, 5.74) is 5.72. The molecule has 106 valence electrons. The van der Waals surface area contributed by atoms with Crippen LogP contribution in [0.25, 0.3) is 0 Å².